The van der Waals surface area contributed by atoms with E-state index >= 15 is 0 Å². The number of alkyl halides is 1. The Morgan fingerprint density at radius 2 is 1.82 bits per heavy atom. The predicted molar refractivity (Wildman–Crippen MR) is 121 cm³/mol. The third-order valence-corrected chi connectivity index (χ3v) is 7.93. The summed E-state index contributed by atoms with van der Waals surface area (Å²) in [6.45, 7) is -0.345. The van der Waals surface area contributed by atoms with Gasteiger partial charge in [-0.05, 0) is 44.1 Å². The van der Waals surface area contributed by atoms with Crippen LogP contribution in [0.4, 0.5) is 9.18 Å². The molecule has 0 spiro atoms. The zero-order chi connectivity index (χ0) is 24.3. The first-order valence-electron chi connectivity index (χ1n) is 11.9. The summed E-state index contributed by atoms with van der Waals surface area (Å²) < 4.78 is 19.6. The van der Waals surface area contributed by atoms with Crippen molar-refractivity contribution in [2.75, 3.05) is 20.1 Å². The van der Waals surface area contributed by atoms with Gasteiger partial charge >= 0.3 is 6.09 Å². The molecule has 9 heteroatoms. The average Bonchev–Trinajstić information content (AvgIpc) is 3.27. The molecule has 1 aliphatic heterocycles. The first-order valence-corrected chi connectivity index (χ1v) is 11.9. The van der Waals surface area contributed by atoms with E-state index in [1.807, 2.05) is 36.4 Å². The van der Waals surface area contributed by atoms with Gasteiger partial charge in [-0.2, -0.15) is 5.26 Å². The highest BCUT2D eigenvalue weighted by Crippen LogP contribution is 2.55. The largest absolute Gasteiger partial charge is 0.445 e. The van der Waals surface area contributed by atoms with E-state index < -0.39 is 35.2 Å². The number of amides is 3. The number of hydrogen-bond donors (Lipinski definition) is 1. The Morgan fingerprint density at radius 1 is 1.18 bits per heavy atom. The number of carbonyl (C=O) groups excluding carboxylic acids is 3. The Bertz CT molecular complexity index is 954. The van der Waals surface area contributed by atoms with Crippen molar-refractivity contribution < 1.29 is 23.5 Å². The number of benzene rings is 1. The second kappa shape index (κ2) is 9.61. The molecule has 2 bridgehead atoms. The van der Waals surface area contributed by atoms with Gasteiger partial charge in [-0.25, -0.2) is 9.18 Å². The minimum absolute atomic E-state index is 0.0134. The number of halogens is 1. The number of ether oxygens (including phenoxy) is 1. The van der Waals surface area contributed by atoms with Crippen molar-refractivity contribution in [2.24, 2.45) is 5.41 Å². The van der Waals surface area contributed by atoms with Gasteiger partial charge in [0, 0.05) is 24.4 Å². The van der Waals surface area contributed by atoms with Crippen LogP contribution in [0.1, 0.15) is 50.5 Å². The number of hydrogen-bond acceptors (Lipinski definition) is 5. The van der Waals surface area contributed by atoms with E-state index in [9.17, 15) is 24.0 Å². The molecule has 1 aromatic rings. The van der Waals surface area contributed by atoms with Gasteiger partial charge < -0.3 is 15.0 Å². The van der Waals surface area contributed by atoms with Gasteiger partial charge in [0.25, 0.3) is 0 Å². The summed E-state index contributed by atoms with van der Waals surface area (Å²) >= 11 is 0. The fourth-order valence-corrected chi connectivity index (χ4v) is 5.81. The minimum atomic E-state index is -1.25. The van der Waals surface area contributed by atoms with Crippen molar-refractivity contribution in [1.82, 2.24) is 15.1 Å². The van der Waals surface area contributed by atoms with Crippen molar-refractivity contribution in [3.05, 3.63) is 35.9 Å². The molecule has 3 saturated carbocycles. The van der Waals surface area contributed by atoms with Gasteiger partial charge in [0.1, 0.15) is 25.4 Å². The molecule has 0 aromatic heterocycles. The first kappa shape index (κ1) is 24.0. The lowest BCUT2D eigenvalue weighted by Gasteiger charge is -2.56. The molecule has 8 nitrogen and oxygen atoms in total. The van der Waals surface area contributed by atoms with Gasteiger partial charge in [0.05, 0.1) is 12.6 Å². The molecule has 4 aliphatic rings. The Hall–Kier alpha value is -3.15. The predicted octanol–water partition coefficient (Wildman–Crippen LogP) is 2.93. The highest BCUT2D eigenvalue weighted by Gasteiger charge is 2.56. The number of rotatable bonds is 6. The van der Waals surface area contributed by atoms with Crippen molar-refractivity contribution in [2.45, 2.75) is 69.3 Å². The molecule has 1 saturated heterocycles. The maximum atomic E-state index is 13.9. The number of nitriles is 1. The summed E-state index contributed by atoms with van der Waals surface area (Å²) in [7, 11) is 1.64. The zero-order valence-corrected chi connectivity index (χ0v) is 19.5. The Kier molecular flexibility index (Phi) is 6.78. The minimum Gasteiger partial charge on any atom is -0.445 e. The normalized spacial score (nSPS) is 29.9. The molecule has 2 unspecified atom stereocenters. The molecule has 182 valence electrons. The number of fused-ring (bicyclic) bond motifs is 3. The summed E-state index contributed by atoms with van der Waals surface area (Å²) in [5, 5.41) is 12.1. The molecular formula is C25H31FN4O4. The summed E-state index contributed by atoms with van der Waals surface area (Å²) in [5.74, 6) is -0.426. The topological polar surface area (TPSA) is 103 Å². The van der Waals surface area contributed by atoms with Crippen LogP contribution in [0.3, 0.4) is 0 Å². The molecule has 3 aliphatic carbocycles. The monoisotopic (exact) mass is 470 g/mol. The van der Waals surface area contributed by atoms with Crippen LogP contribution >= 0.6 is 0 Å². The van der Waals surface area contributed by atoms with Crippen LogP contribution in [0.5, 0.6) is 0 Å². The maximum Gasteiger partial charge on any atom is 0.411 e. The molecule has 2 atom stereocenters. The molecule has 3 amide bonds. The number of likely N-dealkylation sites (tertiary alicyclic amines) is 1. The van der Waals surface area contributed by atoms with E-state index in [4.69, 9.17) is 4.74 Å². The smallest absolute Gasteiger partial charge is 0.411 e. The lowest BCUT2D eigenvalue weighted by atomic mass is 9.56. The lowest BCUT2D eigenvalue weighted by Crippen LogP contribution is -2.62. The Balaban J connectivity index is 1.53. The molecule has 34 heavy (non-hydrogen) atoms. The molecule has 5 rings (SSSR count). The van der Waals surface area contributed by atoms with Crippen LogP contribution in [0.15, 0.2) is 30.3 Å². The number of nitrogens with zero attached hydrogens (tertiary/aromatic N) is 3. The Labute approximate surface area is 199 Å². The fraction of sp³-hybridized carbons (Fsp3) is 0.600. The van der Waals surface area contributed by atoms with E-state index in [0.29, 0.717) is 38.5 Å². The number of carbonyl (C=O) groups is 3. The number of nitrogens with one attached hydrogen (secondary N) is 1. The van der Waals surface area contributed by atoms with E-state index in [1.54, 1.807) is 7.05 Å². The third-order valence-electron chi connectivity index (χ3n) is 7.93. The zero-order valence-electron chi connectivity index (χ0n) is 19.5. The van der Waals surface area contributed by atoms with Crippen LogP contribution in [-0.4, -0.2) is 65.6 Å². The van der Waals surface area contributed by atoms with Crippen molar-refractivity contribution in [1.29, 1.82) is 5.26 Å². The molecule has 4 fully saturated rings. The molecule has 0 radical (unpaired) electrons. The molecule has 1 aromatic carbocycles. The summed E-state index contributed by atoms with van der Waals surface area (Å²) in [6.07, 6.45) is 1.77. The van der Waals surface area contributed by atoms with Crippen molar-refractivity contribution in [3.63, 3.8) is 0 Å². The summed E-state index contributed by atoms with van der Waals surface area (Å²) in [5.41, 5.74) is -0.201. The van der Waals surface area contributed by atoms with Gasteiger partial charge in [-0.3, -0.25) is 14.5 Å². The van der Waals surface area contributed by atoms with Crippen molar-refractivity contribution >= 4 is 17.9 Å². The molecular weight excluding hydrogens is 439 g/mol. The second-order valence-corrected chi connectivity index (χ2v) is 9.73. The van der Waals surface area contributed by atoms with Crippen LogP contribution in [-0.2, 0) is 20.9 Å². The van der Waals surface area contributed by atoms with Crippen LogP contribution < -0.4 is 5.32 Å². The van der Waals surface area contributed by atoms with Gasteiger partial charge in [0.15, 0.2) is 0 Å². The highest BCUT2D eigenvalue weighted by atomic mass is 19.1. The summed E-state index contributed by atoms with van der Waals surface area (Å²) in [4.78, 5) is 41.8. The highest BCUT2D eigenvalue weighted by molar-refractivity contribution is 5.85. The maximum absolute atomic E-state index is 13.9. The van der Waals surface area contributed by atoms with E-state index in [1.165, 1.54) is 9.80 Å². The van der Waals surface area contributed by atoms with E-state index in [0.717, 1.165) is 5.56 Å². The van der Waals surface area contributed by atoms with Gasteiger partial charge in [0.2, 0.25) is 11.8 Å². The first-order chi connectivity index (χ1) is 16.3. The fourth-order valence-electron chi connectivity index (χ4n) is 5.81. The van der Waals surface area contributed by atoms with Gasteiger partial charge in [-0.15, -0.1) is 0 Å². The quantitative estimate of drug-likeness (QED) is 0.689. The SMILES string of the molecule is CNC(=O)C12CCC(N(CC(=O)N3CC(F)CC3C#N)C(=O)OCc3ccccc3)(CC1)CC2. The average molecular weight is 471 g/mol. The third kappa shape index (κ3) is 4.46. The van der Waals surface area contributed by atoms with E-state index in [-0.39, 0.29) is 32.0 Å². The second-order valence-electron chi connectivity index (χ2n) is 9.73. The lowest BCUT2D eigenvalue weighted by molar-refractivity contribution is -0.145. The Morgan fingerprint density at radius 3 is 2.41 bits per heavy atom. The van der Waals surface area contributed by atoms with Gasteiger partial charge in [-0.1, -0.05) is 30.3 Å². The molecule has 1 N–H and O–H groups in total. The molecule has 1 heterocycles. The van der Waals surface area contributed by atoms with E-state index in [2.05, 4.69) is 5.32 Å². The van der Waals surface area contributed by atoms with Crippen LogP contribution in [0, 0.1) is 16.7 Å². The summed E-state index contributed by atoms with van der Waals surface area (Å²) in [6, 6.07) is 10.4. The van der Waals surface area contributed by atoms with Crippen LogP contribution in [0.25, 0.3) is 0 Å². The van der Waals surface area contributed by atoms with Crippen LogP contribution in [0.2, 0.25) is 0 Å². The van der Waals surface area contributed by atoms with Crippen molar-refractivity contribution in [3.8, 4) is 6.07 Å². The standard InChI is InChI=1S/C25H31FN4O4/c1-28-22(32)24-7-10-25(11-8-24,12-9-24)30(23(33)34-17-18-5-3-2-4-6-18)16-21(31)29-15-19(26)13-20(29)14-27/h2-6,19-20H,7-13,15-17H2,1H3,(H,28,32).